The van der Waals surface area contributed by atoms with Crippen molar-refractivity contribution in [3.05, 3.63) is 106 Å². The molecule has 0 amide bonds. The molecule has 2 N–H and O–H groups in total. The van der Waals surface area contributed by atoms with Crippen molar-refractivity contribution in [2.24, 2.45) is 0 Å². The predicted octanol–water partition coefficient (Wildman–Crippen LogP) is 7.42. The summed E-state index contributed by atoms with van der Waals surface area (Å²) in [4.78, 5) is 22.7. The highest BCUT2D eigenvalue weighted by Gasteiger charge is 2.21. The van der Waals surface area contributed by atoms with Gasteiger partial charge < -0.3 is 24.3 Å². The summed E-state index contributed by atoms with van der Waals surface area (Å²) in [7, 11) is 0. The molecule has 0 spiro atoms. The van der Waals surface area contributed by atoms with Crippen LogP contribution in [-0.4, -0.2) is 39.9 Å². The summed E-state index contributed by atoms with van der Waals surface area (Å²) in [5.41, 5.74) is 3.25. The fourth-order valence-corrected chi connectivity index (χ4v) is 4.88. The molecule has 0 bridgehead atoms. The normalized spacial score (nSPS) is 11.5. The average molecular weight is 592 g/mol. The molecule has 9 heteroatoms. The molecular weight excluding hydrogens is 561 g/mol. The number of aryl methyl sites for hydroxylation is 1. The second kappa shape index (κ2) is 14.4. The number of halogens is 2. The molecule has 218 valence electrons. The van der Waals surface area contributed by atoms with Crippen LogP contribution in [0.4, 0.5) is 4.39 Å². The summed E-state index contributed by atoms with van der Waals surface area (Å²) in [5, 5.41) is 19.5. The van der Waals surface area contributed by atoms with Crippen molar-refractivity contribution >= 4 is 46.6 Å². The van der Waals surface area contributed by atoms with Crippen LogP contribution in [-0.2, 0) is 22.6 Å². The summed E-state index contributed by atoms with van der Waals surface area (Å²) in [5.74, 6) is -1.07. The molecule has 42 heavy (non-hydrogen) atoms. The largest absolute Gasteiger partial charge is 0.490 e. The number of hydrogen-bond donors (Lipinski definition) is 2. The van der Waals surface area contributed by atoms with E-state index in [1.54, 1.807) is 29.7 Å². The molecular formula is C33H31ClFNO6. The SMILES string of the molecule is Cc1c(CCCC(=O)O)c2c(F)ccc(/C=C/c3ccc(OC/C=C/COc4cccc(Cl)c4)cc3)c2n1CC(=O)O. The Morgan fingerprint density at radius 1 is 0.929 bits per heavy atom. The zero-order valence-corrected chi connectivity index (χ0v) is 23.8. The number of ether oxygens (including phenoxy) is 2. The summed E-state index contributed by atoms with van der Waals surface area (Å²) in [6, 6.07) is 17.6. The molecule has 0 saturated heterocycles. The smallest absolute Gasteiger partial charge is 0.323 e. The van der Waals surface area contributed by atoms with Crippen LogP contribution in [0.25, 0.3) is 23.1 Å². The molecule has 0 aliphatic carbocycles. The van der Waals surface area contributed by atoms with Crippen LogP contribution in [0.15, 0.2) is 72.8 Å². The van der Waals surface area contributed by atoms with E-state index in [-0.39, 0.29) is 13.0 Å². The van der Waals surface area contributed by atoms with E-state index < -0.39 is 17.8 Å². The van der Waals surface area contributed by atoms with Gasteiger partial charge in [-0.05, 0) is 91.1 Å². The molecule has 1 heterocycles. The van der Waals surface area contributed by atoms with Crippen LogP contribution in [0.1, 0.15) is 35.2 Å². The Kier molecular flexibility index (Phi) is 10.4. The summed E-state index contributed by atoms with van der Waals surface area (Å²) in [6.07, 6.45) is 8.00. The molecule has 0 saturated carbocycles. The van der Waals surface area contributed by atoms with E-state index in [9.17, 15) is 14.7 Å². The van der Waals surface area contributed by atoms with Gasteiger partial charge >= 0.3 is 11.9 Å². The zero-order chi connectivity index (χ0) is 30.1. The monoisotopic (exact) mass is 591 g/mol. The summed E-state index contributed by atoms with van der Waals surface area (Å²) >= 11 is 5.95. The third-order valence-corrected chi connectivity index (χ3v) is 6.91. The van der Waals surface area contributed by atoms with Crippen molar-refractivity contribution in [2.75, 3.05) is 13.2 Å². The van der Waals surface area contributed by atoms with Gasteiger partial charge in [-0.2, -0.15) is 0 Å². The number of carbonyl (C=O) groups is 2. The molecule has 0 atom stereocenters. The molecule has 0 radical (unpaired) electrons. The number of fused-ring (bicyclic) bond motifs is 1. The van der Waals surface area contributed by atoms with Crippen LogP contribution in [0.3, 0.4) is 0 Å². The molecule has 0 unspecified atom stereocenters. The van der Waals surface area contributed by atoms with Gasteiger partial charge in [-0.25, -0.2) is 4.39 Å². The van der Waals surface area contributed by atoms with Crippen molar-refractivity contribution in [1.82, 2.24) is 4.57 Å². The fraction of sp³-hybridized carbons (Fsp3) is 0.212. The number of nitrogens with zero attached hydrogens (tertiary/aromatic N) is 1. The number of benzene rings is 3. The van der Waals surface area contributed by atoms with Gasteiger partial charge in [0.25, 0.3) is 0 Å². The highest BCUT2D eigenvalue weighted by molar-refractivity contribution is 6.30. The van der Waals surface area contributed by atoms with Crippen LogP contribution < -0.4 is 9.47 Å². The first kappa shape index (κ1) is 30.4. The van der Waals surface area contributed by atoms with Gasteiger partial charge in [-0.1, -0.05) is 42.0 Å². The number of aliphatic carboxylic acids is 2. The second-order valence-corrected chi connectivity index (χ2v) is 10.0. The maximum atomic E-state index is 15.1. The molecule has 0 aliphatic rings. The van der Waals surface area contributed by atoms with Crippen molar-refractivity contribution in [1.29, 1.82) is 0 Å². The predicted molar refractivity (Wildman–Crippen MR) is 162 cm³/mol. The maximum absolute atomic E-state index is 15.1. The number of rotatable bonds is 14. The van der Waals surface area contributed by atoms with Gasteiger partial charge in [-0.15, -0.1) is 0 Å². The van der Waals surface area contributed by atoms with Crippen molar-refractivity contribution in [3.8, 4) is 11.5 Å². The van der Waals surface area contributed by atoms with Crippen LogP contribution in [0.5, 0.6) is 11.5 Å². The van der Waals surface area contributed by atoms with E-state index in [4.69, 9.17) is 26.2 Å². The first-order valence-corrected chi connectivity index (χ1v) is 13.8. The Labute approximate surface area is 248 Å². The number of carboxylic acid groups (broad SMARTS) is 2. The van der Waals surface area contributed by atoms with Gasteiger partial charge in [0.1, 0.15) is 37.1 Å². The zero-order valence-electron chi connectivity index (χ0n) is 23.1. The van der Waals surface area contributed by atoms with Crippen LogP contribution >= 0.6 is 11.6 Å². The van der Waals surface area contributed by atoms with Crippen molar-refractivity contribution in [3.63, 3.8) is 0 Å². The van der Waals surface area contributed by atoms with Gasteiger partial charge in [0.2, 0.25) is 0 Å². The Hall–Kier alpha value is -4.56. The lowest BCUT2D eigenvalue weighted by molar-refractivity contribution is -0.138. The first-order valence-electron chi connectivity index (χ1n) is 13.4. The Morgan fingerprint density at radius 3 is 2.31 bits per heavy atom. The molecule has 3 aromatic carbocycles. The summed E-state index contributed by atoms with van der Waals surface area (Å²) in [6.45, 7) is 2.17. The minimum atomic E-state index is -1.05. The Balaban J connectivity index is 1.44. The average Bonchev–Trinajstić information content (AvgIpc) is 3.22. The Bertz CT molecular complexity index is 1620. The third kappa shape index (κ3) is 8.01. The minimum Gasteiger partial charge on any atom is -0.490 e. The highest BCUT2D eigenvalue weighted by Crippen LogP contribution is 2.33. The maximum Gasteiger partial charge on any atom is 0.323 e. The van der Waals surface area contributed by atoms with Gasteiger partial charge in [0.05, 0.1) is 5.52 Å². The third-order valence-electron chi connectivity index (χ3n) is 6.67. The van der Waals surface area contributed by atoms with E-state index in [0.29, 0.717) is 70.3 Å². The summed E-state index contributed by atoms with van der Waals surface area (Å²) < 4.78 is 28.0. The van der Waals surface area contributed by atoms with Gasteiger partial charge in [-0.3, -0.25) is 9.59 Å². The number of aromatic nitrogens is 1. The molecule has 0 aliphatic heterocycles. The minimum absolute atomic E-state index is 0.0549. The fourth-order valence-electron chi connectivity index (χ4n) is 4.70. The lowest BCUT2D eigenvalue weighted by atomic mass is 10.0. The molecule has 4 rings (SSSR count). The van der Waals surface area contributed by atoms with E-state index in [1.165, 1.54) is 6.07 Å². The second-order valence-electron chi connectivity index (χ2n) is 9.60. The number of hydrogen-bond acceptors (Lipinski definition) is 4. The Morgan fingerprint density at radius 2 is 1.64 bits per heavy atom. The van der Waals surface area contributed by atoms with E-state index in [0.717, 1.165) is 5.56 Å². The van der Waals surface area contributed by atoms with Crippen molar-refractivity contribution in [2.45, 2.75) is 32.7 Å². The lowest BCUT2D eigenvalue weighted by Crippen LogP contribution is -2.10. The standard InChI is InChI=1S/C33H31ClFNO6/c1-22-28(8-5-9-30(37)38)32-29(35)17-14-24(33(32)36(22)21-31(39)40)13-10-23-11-15-26(16-12-23)41-18-2-3-19-42-27-7-4-6-25(34)20-27/h2-4,6-7,10-17,20H,5,8-9,18-19,21H2,1H3,(H,37,38)(H,39,40)/b3-2+,13-10+. The van der Waals surface area contributed by atoms with E-state index >= 15 is 4.39 Å². The molecule has 7 nitrogen and oxygen atoms in total. The molecule has 4 aromatic rings. The van der Waals surface area contributed by atoms with E-state index in [2.05, 4.69) is 0 Å². The quantitative estimate of drug-likeness (QED) is 0.117. The number of carboxylic acids is 2. The van der Waals surface area contributed by atoms with Gasteiger partial charge in [0.15, 0.2) is 0 Å². The lowest BCUT2D eigenvalue weighted by Gasteiger charge is -2.08. The van der Waals surface area contributed by atoms with Crippen LogP contribution in [0.2, 0.25) is 5.02 Å². The molecule has 1 aromatic heterocycles. The first-order chi connectivity index (χ1) is 20.2. The van der Waals surface area contributed by atoms with E-state index in [1.807, 2.05) is 60.7 Å². The van der Waals surface area contributed by atoms with Crippen molar-refractivity contribution < 1.29 is 33.7 Å². The topological polar surface area (TPSA) is 98.0 Å². The highest BCUT2D eigenvalue weighted by atomic mass is 35.5. The van der Waals surface area contributed by atoms with Gasteiger partial charge in [0, 0.05) is 22.5 Å². The van der Waals surface area contributed by atoms with Crippen LogP contribution in [0, 0.1) is 12.7 Å². The molecule has 0 fully saturated rings.